The molecule has 0 aliphatic rings. The van der Waals surface area contributed by atoms with Crippen LogP contribution in [0, 0.1) is 0 Å². The summed E-state index contributed by atoms with van der Waals surface area (Å²) in [4.78, 5) is 22.0. The molecular formula is C12H11NO4. The van der Waals surface area contributed by atoms with Crippen molar-refractivity contribution in [2.45, 2.75) is 0 Å². The van der Waals surface area contributed by atoms with Gasteiger partial charge in [0.15, 0.2) is 5.75 Å². The molecule has 2 rings (SSSR count). The fourth-order valence-corrected chi connectivity index (χ4v) is 1.82. The Bertz CT molecular complexity index is 585. The molecule has 2 aromatic rings. The van der Waals surface area contributed by atoms with Crippen LogP contribution in [0.5, 0.6) is 5.75 Å². The Balaban J connectivity index is 2.75. The van der Waals surface area contributed by atoms with E-state index in [0.29, 0.717) is 23.2 Å². The number of nitrogens with zero attached hydrogens (tertiary/aromatic N) is 1. The molecule has 0 unspecified atom stereocenters. The van der Waals surface area contributed by atoms with Crippen molar-refractivity contribution in [2.24, 2.45) is 7.05 Å². The van der Waals surface area contributed by atoms with E-state index < -0.39 is 5.97 Å². The zero-order valence-electron chi connectivity index (χ0n) is 9.47. The highest BCUT2D eigenvalue weighted by Gasteiger charge is 2.17. The fraction of sp³-hybridized carbons (Fsp3) is 0.167. The summed E-state index contributed by atoms with van der Waals surface area (Å²) < 4.78 is 11.3. The topological polar surface area (TPSA) is 57.5 Å². The van der Waals surface area contributed by atoms with Gasteiger partial charge in [0.25, 0.3) is 6.47 Å². The average molecular weight is 233 g/mol. The highest BCUT2D eigenvalue weighted by Crippen LogP contribution is 2.30. The maximum atomic E-state index is 11.6. The number of ether oxygens (including phenoxy) is 2. The summed E-state index contributed by atoms with van der Waals surface area (Å²) in [6, 6.07) is 5.21. The van der Waals surface area contributed by atoms with Crippen molar-refractivity contribution in [1.82, 2.24) is 4.57 Å². The molecule has 1 heterocycles. The SMILES string of the molecule is COC(=O)c1cccc2c1c(OC=O)cn2C. The summed E-state index contributed by atoms with van der Waals surface area (Å²) in [5.74, 6) is -0.115. The monoisotopic (exact) mass is 233 g/mol. The Morgan fingerprint density at radius 3 is 2.82 bits per heavy atom. The minimum atomic E-state index is -0.461. The summed E-state index contributed by atoms with van der Waals surface area (Å²) in [5.41, 5.74) is 1.17. The Kier molecular flexibility index (Phi) is 2.82. The molecule has 0 fully saturated rings. The van der Waals surface area contributed by atoms with E-state index in [4.69, 9.17) is 9.47 Å². The molecule has 5 heteroatoms. The third-order valence-corrected chi connectivity index (χ3v) is 2.56. The van der Waals surface area contributed by atoms with E-state index >= 15 is 0 Å². The Labute approximate surface area is 97.5 Å². The average Bonchev–Trinajstić information content (AvgIpc) is 2.66. The molecule has 0 atom stereocenters. The number of hydrogen-bond donors (Lipinski definition) is 0. The van der Waals surface area contributed by atoms with E-state index in [2.05, 4.69) is 0 Å². The van der Waals surface area contributed by atoms with Crippen molar-refractivity contribution in [3.05, 3.63) is 30.0 Å². The summed E-state index contributed by atoms with van der Waals surface area (Å²) in [6.07, 6.45) is 1.64. The van der Waals surface area contributed by atoms with Crippen LogP contribution in [0.2, 0.25) is 0 Å². The van der Waals surface area contributed by atoms with Crippen LogP contribution in [0.1, 0.15) is 10.4 Å². The molecule has 0 radical (unpaired) electrons. The van der Waals surface area contributed by atoms with E-state index in [9.17, 15) is 9.59 Å². The predicted octanol–water partition coefficient (Wildman–Crippen LogP) is 1.50. The van der Waals surface area contributed by atoms with E-state index in [-0.39, 0.29) is 0 Å². The third kappa shape index (κ3) is 1.75. The number of aryl methyl sites for hydroxylation is 1. The number of aromatic nitrogens is 1. The van der Waals surface area contributed by atoms with Crippen LogP contribution in [0.15, 0.2) is 24.4 Å². The van der Waals surface area contributed by atoms with Gasteiger partial charge in [-0.3, -0.25) is 4.79 Å². The van der Waals surface area contributed by atoms with E-state index in [1.807, 2.05) is 6.07 Å². The molecule has 0 amide bonds. The standard InChI is InChI=1S/C12H11NO4/c1-13-6-10(17-7-14)11-8(12(15)16-2)4-3-5-9(11)13/h3-7H,1-2H3. The van der Waals surface area contributed by atoms with Gasteiger partial charge in [-0.1, -0.05) is 6.07 Å². The lowest BCUT2D eigenvalue weighted by molar-refractivity contribution is -0.120. The number of hydrogen-bond acceptors (Lipinski definition) is 4. The van der Waals surface area contributed by atoms with Crippen LogP contribution >= 0.6 is 0 Å². The summed E-state index contributed by atoms with van der Waals surface area (Å²) in [7, 11) is 3.12. The van der Waals surface area contributed by atoms with Crippen molar-refractivity contribution >= 4 is 23.3 Å². The maximum Gasteiger partial charge on any atom is 0.338 e. The fourth-order valence-electron chi connectivity index (χ4n) is 1.82. The summed E-state index contributed by atoms with van der Waals surface area (Å²) >= 11 is 0. The summed E-state index contributed by atoms with van der Waals surface area (Å²) in [5, 5.41) is 0.578. The van der Waals surface area contributed by atoms with Gasteiger partial charge in [0.05, 0.1) is 23.6 Å². The molecule has 0 N–H and O–H groups in total. The molecule has 0 spiro atoms. The smallest absolute Gasteiger partial charge is 0.338 e. The molecule has 0 saturated carbocycles. The predicted molar refractivity (Wildman–Crippen MR) is 61.0 cm³/mol. The number of carbonyl (C=O) groups is 2. The van der Waals surface area contributed by atoms with Gasteiger partial charge in [0.1, 0.15) is 0 Å². The molecule has 5 nitrogen and oxygen atoms in total. The van der Waals surface area contributed by atoms with Crippen LogP contribution in [0.4, 0.5) is 0 Å². The zero-order chi connectivity index (χ0) is 12.4. The van der Waals surface area contributed by atoms with Gasteiger partial charge >= 0.3 is 5.97 Å². The first-order valence-electron chi connectivity index (χ1n) is 4.95. The maximum absolute atomic E-state index is 11.6. The zero-order valence-corrected chi connectivity index (χ0v) is 9.47. The Morgan fingerprint density at radius 1 is 1.41 bits per heavy atom. The number of methoxy groups -OCH3 is 1. The van der Waals surface area contributed by atoms with Crippen molar-refractivity contribution in [3.8, 4) is 5.75 Å². The number of carbonyl (C=O) groups excluding carboxylic acids is 2. The quantitative estimate of drug-likeness (QED) is 0.595. The molecule has 0 saturated heterocycles. The lowest BCUT2D eigenvalue weighted by atomic mass is 10.1. The van der Waals surface area contributed by atoms with Crippen LogP contribution in [-0.4, -0.2) is 24.1 Å². The molecule has 88 valence electrons. The Hall–Kier alpha value is -2.30. The third-order valence-electron chi connectivity index (χ3n) is 2.56. The van der Waals surface area contributed by atoms with Crippen LogP contribution in [0.25, 0.3) is 10.9 Å². The minimum absolute atomic E-state index is 0.336. The molecule has 0 bridgehead atoms. The van der Waals surface area contributed by atoms with Crippen molar-refractivity contribution < 1.29 is 19.1 Å². The summed E-state index contributed by atoms with van der Waals surface area (Å²) in [6.45, 7) is 0.336. The first-order chi connectivity index (χ1) is 8.19. The van der Waals surface area contributed by atoms with Crippen molar-refractivity contribution in [3.63, 3.8) is 0 Å². The molecule has 0 aliphatic carbocycles. The van der Waals surface area contributed by atoms with E-state index in [1.54, 1.807) is 29.9 Å². The minimum Gasteiger partial charge on any atom is -0.465 e. The van der Waals surface area contributed by atoms with Gasteiger partial charge in [-0.15, -0.1) is 0 Å². The number of benzene rings is 1. The highest BCUT2D eigenvalue weighted by atomic mass is 16.5. The first-order valence-corrected chi connectivity index (χ1v) is 4.95. The highest BCUT2D eigenvalue weighted by molar-refractivity contribution is 6.06. The molecule has 17 heavy (non-hydrogen) atoms. The van der Waals surface area contributed by atoms with E-state index in [1.165, 1.54) is 7.11 Å². The van der Waals surface area contributed by atoms with Crippen LogP contribution in [0.3, 0.4) is 0 Å². The number of rotatable bonds is 3. The Morgan fingerprint density at radius 2 is 2.18 bits per heavy atom. The molecule has 1 aromatic heterocycles. The van der Waals surface area contributed by atoms with Gasteiger partial charge < -0.3 is 14.0 Å². The molecular weight excluding hydrogens is 222 g/mol. The van der Waals surface area contributed by atoms with Gasteiger partial charge in [-0.2, -0.15) is 0 Å². The van der Waals surface area contributed by atoms with Crippen molar-refractivity contribution in [1.29, 1.82) is 0 Å². The largest absolute Gasteiger partial charge is 0.465 e. The van der Waals surface area contributed by atoms with Gasteiger partial charge in [-0.25, -0.2) is 4.79 Å². The van der Waals surface area contributed by atoms with Crippen LogP contribution < -0.4 is 4.74 Å². The second-order valence-corrected chi connectivity index (χ2v) is 3.51. The van der Waals surface area contributed by atoms with Crippen LogP contribution in [-0.2, 0) is 16.6 Å². The van der Waals surface area contributed by atoms with E-state index in [0.717, 1.165) is 5.52 Å². The molecule has 0 aliphatic heterocycles. The van der Waals surface area contributed by atoms with Gasteiger partial charge in [0.2, 0.25) is 0 Å². The van der Waals surface area contributed by atoms with Gasteiger partial charge in [-0.05, 0) is 12.1 Å². The normalized spacial score (nSPS) is 10.2. The lowest BCUT2D eigenvalue weighted by Crippen LogP contribution is -2.02. The second kappa shape index (κ2) is 4.29. The van der Waals surface area contributed by atoms with Gasteiger partial charge in [0, 0.05) is 13.2 Å². The first kappa shape index (κ1) is 11.2. The number of esters is 1. The number of fused-ring (bicyclic) bond motifs is 1. The van der Waals surface area contributed by atoms with Crippen molar-refractivity contribution in [2.75, 3.05) is 7.11 Å². The molecule has 1 aromatic carbocycles. The second-order valence-electron chi connectivity index (χ2n) is 3.51. The lowest BCUT2D eigenvalue weighted by Gasteiger charge is -2.03.